The molecule has 0 heterocycles. The summed E-state index contributed by atoms with van der Waals surface area (Å²) in [6.07, 6.45) is 0.348. The predicted molar refractivity (Wildman–Crippen MR) is 77.8 cm³/mol. The highest BCUT2D eigenvalue weighted by molar-refractivity contribution is 5.28. The molecule has 3 N–H and O–H groups in total. The summed E-state index contributed by atoms with van der Waals surface area (Å²) in [7, 11) is 0. The molecule has 1 rings (SSSR count). The minimum atomic E-state index is -0.650. The number of nitrogens with two attached hydrogens (primary N) is 1. The van der Waals surface area contributed by atoms with Crippen molar-refractivity contribution in [3.63, 3.8) is 0 Å². The monoisotopic (exact) mass is 283 g/mol. The molecule has 0 radical (unpaired) electrons. The van der Waals surface area contributed by atoms with Crippen molar-refractivity contribution in [1.82, 2.24) is 0 Å². The third-order valence-corrected chi connectivity index (χ3v) is 2.61. The van der Waals surface area contributed by atoms with Crippen LogP contribution in [-0.2, 0) is 16.0 Å². The van der Waals surface area contributed by atoms with E-state index >= 15 is 0 Å². The predicted octanol–water partition coefficient (Wildman–Crippen LogP) is 1.33. The molecule has 0 saturated heterocycles. The first-order valence-electron chi connectivity index (χ1n) is 7.01. The zero-order chi connectivity index (χ0) is 14.6. The molecule has 0 aromatic heterocycles. The van der Waals surface area contributed by atoms with Crippen LogP contribution in [0.25, 0.3) is 0 Å². The fourth-order valence-corrected chi connectivity index (χ4v) is 1.59. The molecule has 0 aliphatic rings. The highest BCUT2D eigenvalue weighted by Crippen LogP contribution is 2.13. The molecule has 0 saturated carbocycles. The average Bonchev–Trinajstić information content (AvgIpc) is 2.49. The number of hydrogen-bond donors (Lipinski definition) is 2. The zero-order valence-corrected chi connectivity index (χ0v) is 12.1. The van der Waals surface area contributed by atoms with Gasteiger partial charge in [-0.2, -0.15) is 0 Å². The van der Waals surface area contributed by atoms with E-state index in [2.05, 4.69) is 6.92 Å². The molecule has 0 aliphatic heterocycles. The molecule has 1 aromatic carbocycles. The number of hydrogen-bond acceptors (Lipinski definition) is 5. The molecule has 0 bridgehead atoms. The Morgan fingerprint density at radius 3 is 2.70 bits per heavy atom. The van der Waals surface area contributed by atoms with Crippen LogP contribution in [0.2, 0.25) is 0 Å². The Balaban J connectivity index is 2.11. The number of aliphatic hydroxyl groups is 1. The second-order valence-electron chi connectivity index (χ2n) is 4.50. The summed E-state index contributed by atoms with van der Waals surface area (Å²) in [6.45, 7) is 4.75. The van der Waals surface area contributed by atoms with Crippen molar-refractivity contribution < 1.29 is 19.3 Å². The van der Waals surface area contributed by atoms with Gasteiger partial charge in [-0.05, 0) is 24.1 Å². The van der Waals surface area contributed by atoms with Gasteiger partial charge >= 0.3 is 0 Å². The molecule has 0 fully saturated rings. The van der Waals surface area contributed by atoms with Crippen LogP contribution >= 0.6 is 0 Å². The fraction of sp³-hybridized carbons (Fsp3) is 0.600. The van der Waals surface area contributed by atoms with Crippen molar-refractivity contribution in [3.8, 4) is 5.75 Å². The molecule has 1 aromatic rings. The molecule has 1 atom stereocenters. The van der Waals surface area contributed by atoms with E-state index in [1.807, 2.05) is 24.3 Å². The maximum absolute atomic E-state index is 9.72. The Morgan fingerprint density at radius 2 is 1.95 bits per heavy atom. The molecular weight excluding hydrogens is 258 g/mol. The largest absolute Gasteiger partial charge is 0.491 e. The molecule has 5 heteroatoms. The lowest BCUT2D eigenvalue weighted by molar-refractivity contribution is -0.0107. The highest BCUT2D eigenvalue weighted by atomic mass is 16.5. The minimum Gasteiger partial charge on any atom is -0.491 e. The van der Waals surface area contributed by atoms with Crippen molar-refractivity contribution in [2.45, 2.75) is 26.0 Å². The molecule has 20 heavy (non-hydrogen) atoms. The topological polar surface area (TPSA) is 73.9 Å². The van der Waals surface area contributed by atoms with Crippen molar-refractivity contribution in [2.24, 2.45) is 5.73 Å². The maximum atomic E-state index is 9.72. The molecule has 1 unspecified atom stereocenters. The smallest absolute Gasteiger partial charge is 0.119 e. The van der Waals surface area contributed by atoms with E-state index in [1.165, 1.54) is 0 Å². The lowest BCUT2D eigenvalue weighted by Crippen LogP contribution is -2.24. The van der Waals surface area contributed by atoms with Crippen LogP contribution in [0.15, 0.2) is 24.3 Å². The van der Waals surface area contributed by atoms with Crippen LogP contribution in [0.5, 0.6) is 5.75 Å². The van der Waals surface area contributed by atoms with Gasteiger partial charge < -0.3 is 25.1 Å². The summed E-state index contributed by atoms with van der Waals surface area (Å²) in [4.78, 5) is 0. The minimum absolute atomic E-state index is 0.198. The third kappa shape index (κ3) is 7.45. The van der Waals surface area contributed by atoms with E-state index in [9.17, 15) is 5.11 Å². The standard InChI is InChI=1S/C15H25NO4/c1-2-6-18-7-8-19-11-14(17)12-20-15-5-3-4-13(9-15)10-16/h3-5,9,14,17H,2,6-8,10-12,16H2,1H3. The third-order valence-electron chi connectivity index (χ3n) is 2.61. The van der Waals surface area contributed by atoms with Crippen molar-refractivity contribution in [1.29, 1.82) is 0 Å². The number of benzene rings is 1. The van der Waals surface area contributed by atoms with Crippen LogP contribution < -0.4 is 10.5 Å². The van der Waals surface area contributed by atoms with Crippen molar-refractivity contribution in [3.05, 3.63) is 29.8 Å². The first-order valence-corrected chi connectivity index (χ1v) is 7.01. The average molecular weight is 283 g/mol. The highest BCUT2D eigenvalue weighted by Gasteiger charge is 2.05. The van der Waals surface area contributed by atoms with Crippen LogP contribution in [0.1, 0.15) is 18.9 Å². The van der Waals surface area contributed by atoms with E-state index in [-0.39, 0.29) is 13.2 Å². The van der Waals surface area contributed by atoms with Gasteiger partial charge in [0.2, 0.25) is 0 Å². The van der Waals surface area contributed by atoms with Crippen LogP contribution in [-0.4, -0.2) is 44.2 Å². The maximum Gasteiger partial charge on any atom is 0.119 e. The lowest BCUT2D eigenvalue weighted by atomic mass is 10.2. The Labute approximate surface area is 120 Å². The van der Waals surface area contributed by atoms with Gasteiger partial charge in [-0.15, -0.1) is 0 Å². The zero-order valence-electron chi connectivity index (χ0n) is 12.1. The SMILES string of the molecule is CCCOCCOCC(O)COc1cccc(CN)c1. The van der Waals surface area contributed by atoms with E-state index in [4.69, 9.17) is 19.9 Å². The Bertz CT molecular complexity index is 359. The Hall–Kier alpha value is -1.14. The van der Waals surface area contributed by atoms with Gasteiger partial charge in [0.05, 0.1) is 19.8 Å². The van der Waals surface area contributed by atoms with Gasteiger partial charge in [0.25, 0.3) is 0 Å². The first-order chi connectivity index (χ1) is 9.76. The normalized spacial score (nSPS) is 12.3. The van der Waals surface area contributed by atoms with Crippen LogP contribution in [0.4, 0.5) is 0 Å². The number of rotatable bonds is 11. The number of aliphatic hydroxyl groups excluding tert-OH is 1. The van der Waals surface area contributed by atoms with Crippen LogP contribution in [0.3, 0.4) is 0 Å². The summed E-state index contributed by atoms with van der Waals surface area (Å²) >= 11 is 0. The summed E-state index contributed by atoms with van der Waals surface area (Å²) in [5, 5.41) is 9.72. The molecule has 0 spiro atoms. The summed E-state index contributed by atoms with van der Waals surface area (Å²) in [5.74, 6) is 0.707. The quantitative estimate of drug-likeness (QED) is 0.599. The second kappa shape index (κ2) is 10.6. The van der Waals surface area contributed by atoms with Gasteiger partial charge in [-0.3, -0.25) is 0 Å². The summed E-state index contributed by atoms with van der Waals surface area (Å²) < 4.78 is 16.1. The van der Waals surface area contributed by atoms with E-state index in [1.54, 1.807) is 0 Å². The molecule has 5 nitrogen and oxygen atoms in total. The van der Waals surface area contributed by atoms with Gasteiger partial charge in [0, 0.05) is 13.2 Å². The molecule has 0 aliphatic carbocycles. The van der Waals surface area contributed by atoms with Crippen LogP contribution in [0, 0.1) is 0 Å². The lowest BCUT2D eigenvalue weighted by Gasteiger charge is -2.13. The van der Waals surface area contributed by atoms with Gasteiger partial charge in [0.15, 0.2) is 0 Å². The van der Waals surface area contributed by atoms with Gasteiger partial charge in [-0.25, -0.2) is 0 Å². The first kappa shape index (κ1) is 16.9. The summed E-state index contributed by atoms with van der Waals surface area (Å²) in [6, 6.07) is 7.52. The van der Waals surface area contributed by atoms with E-state index in [0.29, 0.717) is 25.5 Å². The molecular formula is C15H25NO4. The van der Waals surface area contributed by atoms with Gasteiger partial charge in [0.1, 0.15) is 18.5 Å². The fourth-order valence-electron chi connectivity index (χ4n) is 1.59. The second-order valence-corrected chi connectivity index (χ2v) is 4.50. The number of ether oxygens (including phenoxy) is 3. The van der Waals surface area contributed by atoms with Crippen molar-refractivity contribution in [2.75, 3.05) is 33.0 Å². The van der Waals surface area contributed by atoms with E-state index in [0.717, 1.165) is 18.6 Å². The summed E-state index contributed by atoms with van der Waals surface area (Å²) in [5.41, 5.74) is 6.55. The molecule has 114 valence electrons. The Morgan fingerprint density at radius 1 is 1.15 bits per heavy atom. The molecule has 0 amide bonds. The van der Waals surface area contributed by atoms with E-state index < -0.39 is 6.10 Å². The van der Waals surface area contributed by atoms with Gasteiger partial charge in [-0.1, -0.05) is 19.1 Å². The Kier molecular flexibility index (Phi) is 8.98. The van der Waals surface area contributed by atoms with Crippen molar-refractivity contribution >= 4 is 0 Å².